The largest absolute Gasteiger partial charge is 0.367 e. The minimum atomic E-state index is -0.874. The Morgan fingerprint density at radius 1 is 1.18 bits per heavy atom. The van der Waals surface area contributed by atoms with Crippen molar-refractivity contribution < 1.29 is 23.7 Å². The summed E-state index contributed by atoms with van der Waals surface area (Å²) in [5.41, 5.74) is 0.187. The monoisotopic (exact) mass is 304 g/mol. The number of ether oxygens (including phenoxy) is 4. The molecule has 0 amide bonds. The van der Waals surface area contributed by atoms with Gasteiger partial charge in [0.15, 0.2) is 23.5 Å². The number of hydrogen-bond acceptors (Lipinski definition) is 5. The first kappa shape index (κ1) is 14.3. The zero-order chi connectivity index (χ0) is 15.4. The third-order valence-corrected chi connectivity index (χ3v) is 4.64. The average molecular weight is 304 g/mol. The van der Waals surface area contributed by atoms with Gasteiger partial charge in [0.1, 0.15) is 12.2 Å². The molecule has 3 unspecified atom stereocenters. The van der Waals surface area contributed by atoms with E-state index < -0.39 is 23.8 Å². The summed E-state index contributed by atoms with van der Waals surface area (Å²) < 4.78 is 23.7. The second-order valence-corrected chi connectivity index (χ2v) is 6.62. The van der Waals surface area contributed by atoms with Gasteiger partial charge in [0.05, 0.1) is 6.61 Å². The predicted octanol–water partition coefficient (Wildman–Crippen LogP) is 2.18. The smallest absolute Gasteiger partial charge is 0.191 e. The van der Waals surface area contributed by atoms with Gasteiger partial charge >= 0.3 is 0 Å². The van der Waals surface area contributed by atoms with E-state index in [1.165, 1.54) is 0 Å². The molecule has 0 N–H and O–H groups in total. The number of fused-ring (bicyclic) bond motifs is 1. The van der Waals surface area contributed by atoms with Crippen LogP contribution in [0.4, 0.5) is 0 Å². The van der Waals surface area contributed by atoms with Gasteiger partial charge in [-0.15, -0.1) is 0 Å². The molecule has 0 aromatic heterocycles. The average Bonchev–Trinajstić information content (AvgIpc) is 2.95. The Morgan fingerprint density at radius 2 is 1.95 bits per heavy atom. The van der Waals surface area contributed by atoms with Crippen molar-refractivity contribution in [3.05, 3.63) is 35.9 Å². The number of Topliss-reactive ketones (excluding diaryl/α,β-unsaturated/α-hetero) is 1. The molecular formula is C17H20O5. The van der Waals surface area contributed by atoms with Gasteiger partial charge in [-0.25, -0.2) is 0 Å². The number of carbonyl (C=O) groups is 1. The maximum Gasteiger partial charge on any atom is 0.191 e. The quantitative estimate of drug-likeness (QED) is 0.856. The van der Waals surface area contributed by atoms with E-state index in [4.69, 9.17) is 18.9 Å². The molecule has 22 heavy (non-hydrogen) atoms. The van der Waals surface area contributed by atoms with Crippen molar-refractivity contribution in [3.63, 3.8) is 0 Å². The topological polar surface area (TPSA) is 54.0 Å². The molecular weight excluding hydrogens is 284 g/mol. The summed E-state index contributed by atoms with van der Waals surface area (Å²) in [6, 6.07) is 9.90. The Morgan fingerprint density at radius 3 is 2.59 bits per heavy atom. The van der Waals surface area contributed by atoms with Crippen molar-refractivity contribution in [3.8, 4) is 0 Å². The van der Waals surface area contributed by atoms with Crippen molar-refractivity contribution in [1.82, 2.24) is 0 Å². The lowest BCUT2D eigenvalue weighted by molar-refractivity contribution is -0.250. The van der Waals surface area contributed by atoms with Crippen molar-refractivity contribution >= 4 is 5.78 Å². The number of hydrogen-bond donors (Lipinski definition) is 0. The van der Waals surface area contributed by atoms with Gasteiger partial charge in [0.25, 0.3) is 0 Å². The molecule has 4 atom stereocenters. The molecule has 1 aliphatic carbocycles. The normalized spacial score (nSPS) is 39.0. The predicted molar refractivity (Wildman–Crippen MR) is 76.9 cm³/mol. The fourth-order valence-electron chi connectivity index (χ4n) is 3.48. The lowest BCUT2D eigenvalue weighted by Crippen LogP contribution is -2.58. The molecule has 118 valence electrons. The van der Waals surface area contributed by atoms with Crippen molar-refractivity contribution in [2.45, 2.75) is 63.2 Å². The van der Waals surface area contributed by atoms with Crippen LogP contribution in [0, 0.1) is 0 Å². The molecule has 3 fully saturated rings. The number of benzene rings is 1. The summed E-state index contributed by atoms with van der Waals surface area (Å²) in [4.78, 5) is 12.2. The van der Waals surface area contributed by atoms with Gasteiger partial charge in [0, 0.05) is 6.42 Å². The SMILES string of the molecule is CC1(C)OC2O[C@@]3(CCC3=O)C(OCc3ccccc3)C2O1. The Balaban J connectivity index is 1.55. The Bertz CT molecular complexity index is 584. The Hall–Kier alpha value is -1.27. The summed E-state index contributed by atoms with van der Waals surface area (Å²) >= 11 is 0. The first-order valence-corrected chi connectivity index (χ1v) is 7.72. The molecule has 4 rings (SSSR count). The molecule has 2 saturated heterocycles. The second kappa shape index (κ2) is 4.86. The lowest BCUT2D eigenvalue weighted by atomic mass is 9.74. The highest BCUT2D eigenvalue weighted by atomic mass is 16.8. The van der Waals surface area contributed by atoms with Crippen LogP contribution in [0.1, 0.15) is 32.3 Å². The van der Waals surface area contributed by atoms with E-state index in [0.29, 0.717) is 19.4 Å². The van der Waals surface area contributed by atoms with E-state index in [2.05, 4.69) is 0 Å². The Kier molecular flexibility index (Phi) is 3.17. The fourth-order valence-corrected chi connectivity index (χ4v) is 3.48. The molecule has 3 aliphatic rings. The van der Waals surface area contributed by atoms with Gasteiger partial charge in [0.2, 0.25) is 0 Å². The second-order valence-electron chi connectivity index (χ2n) is 6.62. The van der Waals surface area contributed by atoms with Gasteiger partial charge in [-0.2, -0.15) is 0 Å². The molecule has 1 aromatic carbocycles. The highest BCUT2D eigenvalue weighted by molar-refractivity contribution is 5.94. The van der Waals surface area contributed by atoms with Crippen molar-refractivity contribution in [2.24, 2.45) is 0 Å². The molecule has 1 saturated carbocycles. The summed E-state index contributed by atoms with van der Waals surface area (Å²) in [6.45, 7) is 4.12. The molecule has 2 heterocycles. The first-order chi connectivity index (χ1) is 10.5. The van der Waals surface area contributed by atoms with Crippen LogP contribution >= 0.6 is 0 Å². The number of ketones is 1. The minimum absolute atomic E-state index is 0.0879. The van der Waals surface area contributed by atoms with Crippen LogP contribution in [0.15, 0.2) is 30.3 Å². The van der Waals surface area contributed by atoms with E-state index in [1.54, 1.807) is 0 Å². The highest BCUT2D eigenvalue weighted by Gasteiger charge is 2.68. The van der Waals surface area contributed by atoms with Crippen molar-refractivity contribution in [1.29, 1.82) is 0 Å². The molecule has 0 bridgehead atoms. The molecule has 1 aromatic rings. The number of carbonyl (C=O) groups excluding carboxylic acids is 1. The maximum atomic E-state index is 12.2. The fraction of sp³-hybridized carbons (Fsp3) is 0.588. The maximum absolute atomic E-state index is 12.2. The van der Waals surface area contributed by atoms with E-state index in [-0.39, 0.29) is 11.9 Å². The summed E-state index contributed by atoms with van der Waals surface area (Å²) in [6.07, 6.45) is -0.0943. The highest BCUT2D eigenvalue weighted by Crippen LogP contribution is 2.50. The van der Waals surface area contributed by atoms with Gasteiger partial charge < -0.3 is 18.9 Å². The van der Waals surface area contributed by atoms with Gasteiger partial charge in [-0.3, -0.25) is 4.79 Å². The van der Waals surface area contributed by atoms with Crippen LogP contribution in [0.3, 0.4) is 0 Å². The van der Waals surface area contributed by atoms with E-state index in [1.807, 2.05) is 44.2 Å². The Labute approximate surface area is 129 Å². The van der Waals surface area contributed by atoms with Crippen LogP contribution in [-0.4, -0.2) is 35.7 Å². The molecule has 1 spiro atoms. The molecule has 5 heteroatoms. The zero-order valence-electron chi connectivity index (χ0n) is 12.8. The van der Waals surface area contributed by atoms with E-state index in [0.717, 1.165) is 5.56 Å². The van der Waals surface area contributed by atoms with Gasteiger partial charge in [-0.05, 0) is 25.8 Å². The lowest BCUT2D eigenvalue weighted by Gasteiger charge is -2.41. The van der Waals surface area contributed by atoms with Crippen molar-refractivity contribution in [2.75, 3.05) is 0 Å². The molecule has 2 aliphatic heterocycles. The van der Waals surface area contributed by atoms with Crippen LogP contribution in [0.25, 0.3) is 0 Å². The van der Waals surface area contributed by atoms with Crippen LogP contribution in [-0.2, 0) is 30.3 Å². The summed E-state index contributed by atoms with van der Waals surface area (Å²) in [5.74, 6) is -0.622. The molecule has 5 nitrogen and oxygen atoms in total. The van der Waals surface area contributed by atoms with E-state index in [9.17, 15) is 4.79 Å². The third-order valence-electron chi connectivity index (χ3n) is 4.64. The first-order valence-electron chi connectivity index (χ1n) is 7.72. The van der Waals surface area contributed by atoms with E-state index >= 15 is 0 Å². The minimum Gasteiger partial charge on any atom is -0.367 e. The zero-order valence-corrected chi connectivity index (χ0v) is 12.8. The summed E-state index contributed by atoms with van der Waals surface area (Å²) in [7, 11) is 0. The molecule has 0 radical (unpaired) electrons. The van der Waals surface area contributed by atoms with Gasteiger partial charge in [-0.1, -0.05) is 30.3 Å². The van der Waals surface area contributed by atoms with Crippen LogP contribution in [0.5, 0.6) is 0 Å². The van der Waals surface area contributed by atoms with Crippen LogP contribution in [0.2, 0.25) is 0 Å². The number of rotatable bonds is 3. The van der Waals surface area contributed by atoms with Crippen LogP contribution < -0.4 is 0 Å². The third kappa shape index (κ3) is 2.12. The summed E-state index contributed by atoms with van der Waals surface area (Å²) in [5, 5.41) is 0. The standard InChI is InChI=1S/C17H20O5/c1-16(2)20-13-14(19-10-11-6-4-3-5-7-11)17(9-8-12(17)18)22-15(13)21-16/h3-7,13-15H,8-10H2,1-2H3/t13?,14?,15?,17-/m1/s1.